The highest BCUT2D eigenvalue weighted by Crippen LogP contribution is 2.17. The maximum absolute atomic E-state index is 11.7. The molecule has 122 valence electrons. The Bertz CT molecular complexity index is 478. The fourth-order valence-corrected chi connectivity index (χ4v) is 2.81. The quantitative estimate of drug-likeness (QED) is 0.716. The summed E-state index contributed by atoms with van der Waals surface area (Å²) in [6.45, 7) is 5.69. The molecule has 0 aliphatic rings. The van der Waals surface area contributed by atoms with Crippen molar-refractivity contribution >= 4 is 24.0 Å². The monoisotopic (exact) mass is 325 g/mol. The van der Waals surface area contributed by atoms with E-state index in [4.69, 9.17) is 9.84 Å². The lowest BCUT2D eigenvalue weighted by Crippen LogP contribution is -2.29. The molecule has 0 aromatic heterocycles. The molecule has 0 bridgehead atoms. The van der Waals surface area contributed by atoms with Crippen LogP contribution in [0.15, 0.2) is 30.3 Å². The first-order valence-corrected chi connectivity index (χ1v) is 8.15. The van der Waals surface area contributed by atoms with E-state index in [1.165, 1.54) is 0 Å². The van der Waals surface area contributed by atoms with Crippen LogP contribution >= 0.6 is 11.9 Å². The Hall–Kier alpha value is -1.69. The van der Waals surface area contributed by atoms with Gasteiger partial charge in [0, 0.05) is 6.42 Å². The highest BCUT2D eigenvalue weighted by Gasteiger charge is 2.21. The lowest BCUT2D eigenvalue weighted by atomic mass is 10.1. The van der Waals surface area contributed by atoms with Gasteiger partial charge in [0.05, 0.1) is 0 Å². The normalized spacial score (nSPS) is 13.5. The molecule has 1 rings (SSSR count). The zero-order valence-electron chi connectivity index (χ0n) is 13.1. The molecule has 6 heteroatoms. The summed E-state index contributed by atoms with van der Waals surface area (Å²) >= 11 is 0.890. The van der Waals surface area contributed by atoms with Crippen LogP contribution < -0.4 is 4.72 Å². The number of hydrogen-bond acceptors (Lipinski definition) is 4. The molecule has 2 atom stereocenters. The van der Waals surface area contributed by atoms with Crippen LogP contribution in [0.4, 0.5) is 4.79 Å². The Morgan fingerprint density at radius 2 is 1.86 bits per heavy atom. The smallest absolute Gasteiger partial charge is 0.417 e. The summed E-state index contributed by atoms with van der Waals surface area (Å²) in [4.78, 5) is 22.8. The van der Waals surface area contributed by atoms with Gasteiger partial charge in [-0.15, -0.1) is 0 Å². The number of carboxylic acid groups (broad SMARTS) is 1. The van der Waals surface area contributed by atoms with Crippen molar-refractivity contribution in [2.24, 2.45) is 5.92 Å². The molecule has 1 aromatic carbocycles. The maximum Gasteiger partial charge on any atom is 0.417 e. The molecule has 0 fully saturated rings. The van der Waals surface area contributed by atoms with Crippen molar-refractivity contribution in [2.75, 3.05) is 0 Å². The Labute approximate surface area is 135 Å². The van der Waals surface area contributed by atoms with Crippen LogP contribution in [0.25, 0.3) is 0 Å². The van der Waals surface area contributed by atoms with Crippen LogP contribution in [0, 0.1) is 5.92 Å². The zero-order chi connectivity index (χ0) is 16.5. The number of ether oxygens (including phenoxy) is 1. The molecule has 1 unspecified atom stereocenters. The second-order valence-electron chi connectivity index (χ2n) is 5.58. The summed E-state index contributed by atoms with van der Waals surface area (Å²) in [6.07, 6.45) is 0.215. The molecule has 1 aromatic rings. The fourth-order valence-electron chi connectivity index (χ4n) is 1.94. The summed E-state index contributed by atoms with van der Waals surface area (Å²) in [6, 6.07) is 9.73. The highest BCUT2D eigenvalue weighted by molar-refractivity contribution is 7.99. The lowest BCUT2D eigenvalue weighted by molar-refractivity contribution is -0.136. The topological polar surface area (TPSA) is 75.6 Å². The van der Waals surface area contributed by atoms with Crippen molar-refractivity contribution < 1.29 is 19.4 Å². The summed E-state index contributed by atoms with van der Waals surface area (Å²) in [7, 11) is 0. The SMILES string of the molecule is CC(C)C[C@H](SNC(=O)OC(C)Cc1ccccc1)C(=O)O. The van der Waals surface area contributed by atoms with Gasteiger partial charge < -0.3 is 9.84 Å². The van der Waals surface area contributed by atoms with Gasteiger partial charge in [-0.3, -0.25) is 9.52 Å². The Kier molecular flexibility index (Phi) is 7.80. The van der Waals surface area contributed by atoms with E-state index in [0.717, 1.165) is 17.5 Å². The van der Waals surface area contributed by atoms with Crippen molar-refractivity contribution in [1.82, 2.24) is 4.72 Å². The minimum atomic E-state index is -0.934. The van der Waals surface area contributed by atoms with Gasteiger partial charge in [-0.25, -0.2) is 4.79 Å². The van der Waals surface area contributed by atoms with E-state index >= 15 is 0 Å². The third-order valence-corrected chi connectivity index (χ3v) is 3.88. The lowest BCUT2D eigenvalue weighted by Gasteiger charge is -2.16. The Balaban J connectivity index is 2.37. The van der Waals surface area contributed by atoms with Gasteiger partial charge in [-0.05, 0) is 36.8 Å². The Morgan fingerprint density at radius 3 is 2.41 bits per heavy atom. The summed E-state index contributed by atoms with van der Waals surface area (Å²) in [5.41, 5.74) is 1.08. The van der Waals surface area contributed by atoms with Crippen LogP contribution in [0.2, 0.25) is 0 Å². The van der Waals surface area contributed by atoms with Crippen LogP contribution in [0.1, 0.15) is 32.8 Å². The maximum atomic E-state index is 11.7. The van der Waals surface area contributed by atoms with E-state index in [2.05, 4.69) is 4.72 Å². The number of amides is 1. The molecular formula is C16H23NO4S. The highest BCUT2D eigenvalue weighted by atomic mass is 32.2. The third kappa shape index (κ3) is 7.36. The van der Waals surface area contributed by atoms with Gasteiger partial charge in [0.15, 0.2) is 0 Å². The largest absolute Gasteiger partial charge is 0.480 e. The second-order valence-corrected chi connectivity index (χ2v) is 6.59. The summed E-state index contributed by atoms with van der Waals surface area (Å²) < 4.78 is 7.69. The number of nitrogens with one attached hydrogen (secondary N) is 1. The molecule has 22 heavy (non-hydrogen) atoms. The van der Waals surface area contributed by atoms with Crippen LogP contribution in [-0.2, 0) is 16.0 Å². The Morgan fingerprint density at radius 1 is 1.23 bits per heavy atom. The van der Waals surface area contributed by atoms with Gasteiger partial charge in [-0.1, -0.05) is 44.2 Å². The standard InChI is InChI=1S/C16H23NO4S/c1-11(2)9-14(15(18)19)22-17-16(20)21-12(3)10-13-7-5-4-6-8-13/h4-8,11-12,14H,9-10H2,1-3H3,(H,17,20)(H,18,19)/t12?,14-/m0/s1. The number of rotatable bonds is 8. The molecule has 0 aliphatic heterocycles. The molecule has 0 spiro atoms. The van der Waals surface area contributed by atoms with E-state index in [0.29, 0.717) is 12.8 Å². The number of hydrogen-bond donors (Lipinski definition) is 2. The first-order chi connectivity index (χ1) is 10.4. The third-order valence-electron chi connectivity index (χ3n) is 2.92. The summed E-state index contributed by atoms with van der Waals surface area (Å²) in [5.74, 6) is -0.695. The first kappa shape index (κ1) is 18.4. The molecule has 0 heterocycles. The molecule has 0 saturated carbocycles. The van der Waals surface area contributed by atoms with Gasteiger partial charge >= 0.3 is 12.1 Å². The van der Waals surface area contributed by atoms with Gasteiger partial charge in [0.1, 0.15) is 11.4 Å². The van der Waals surface area contributed by atoms with Gasteiger partial charge in [-0.2, -0.15) is 0 Å². The van der Waals surface area contributed by atoms with E-state index in [9.17, 15) is 9.59 Å². The molecular weight excluding hydrogens is 302 g/mol. The molecule has 5 nitrogen and oxygen atoms in total. The van der Waals surface area contributed by atoms with Crippen molar-refractivity contribution in [3.63, 3.8) is 0 Å². The molecule has 2 N–H and O–H groups in total. The number of carbonyl (C=O) groups is 2. The summed E-state index contributed by atoms with van der Waals surface area (Å²) in [5, 5.41) is 8.43. The van der Waals surface area contributed by atoms with Crippen LogP contribution in [-0.4, -0.2) is 28.5 Å². The average Bonchev–Trinajstić information content (AvgIpc) is 2.43. The van der Waals surface area contributed by atoms with E-state index < -0.39 is 17.3 Å². The van der Waals surface area contributed by atoms with Gasteiger partial charge in [0.2, 0.25) is 0 Å². The van der Waals surface area contributed by atoms with Gasteiger partial charge in [0.25, 0.3) is 0 Å². The minimum Gasteiger partial charge on any atom is -0.480 e. The fraction of sp³-hybridized carbons (Fsp3) is 0.500. The minimum absolute atomic E-state index is 0.239. The van der Waals surface area contributed by atoms with Crippen LogP contribution in [0.5, 0.6) is 0 Å². The number of aliphatic carboxylic acids is 1. The van der Waals surface area contributed by atoms with Crippen LogP contribution in [0.3, 0.4) is 0 Å². The second kappa shape index (κ2) is 9.35. The van der Waals surface area contributed by atoms with E-state index in [-0.39, 0.29) is 12.0 Å². The number of carbonyl (C=O) groups excluding carboxylic acids is 1. The molecule has 0 radical (unpaired) electrons. The average molecular weight is 325 g/mol. The number of carboxylic acids is 1. The molecule has 0 aliphatic carbocycles. The van der Waals surface area contributed by atoms with E-state index in [1.54, 1.807) is 6.92 Å². The van der Waals surface area contributed by atoms with Crippen molar-refractivity contribution in [3.8, 4) is 0 Å². The predicted octanol–water partition coefficient (Wildman–Crippen LogP) is 3.49. The van der Waals surface area contributed by atoms with Crippen molar-refractivity contribution in [1.29, 1.82) is 0 Å². The van der Waals surface area contributed by atoms with E-state index in [1.807, 2.05) is 44.2 Å². The number of benzene rings is 1. The predicted molar refractivity (Wildman–Crippen MR) is 87.7 cm³/mol. The molecule has 0 saturated heterocycles. The molecule has 1 amide bonds. The zero-order valence-corrected chi connectivity index (χ0v) is 13.9. The van der Waals surface area contributed by atoms with Crippen molar-refractivity contribution in [3.05, 3.63) is 35.9 Å². The first-order valence-electron chi connectivity index (χ1n) is 7.27. The van der Waals surface area contributed by atoms with Crippen molar-refractivity contribution in [2.45, 2.75) is 45.0 Å².